The Kier molecular flexibility index (Phi) is 37.9. The number of aromatic amines is 1. The maximum Gasteiger partial charge on any atom is 0.326 e. The van der Waals surface area contributed by atoms with Gasteiger partial charge < -0.3 is 107 Å². The van der Waals surface area contributed by atoms with Gasteiger partial charge in [0, 0.05) is 37.7 Å². The number of guanidine groups is 1. The number of aliphatic imine (C=N–C) groups is 1. The zero-order valence-corrected chi connectivity index (χ0v) is 59.9. The first-order valence-corrected chi connectivity index (χ1v) is 33.6. The van der Waals surface area contributed by atoms with Crippen LogP contribution in [0.4, 0.5) is 0 Å². The van der Waals surface area contributed by atoms with Crippen LogP contribution in [0, 0.1) is 17.8 Å². The Morgan fingerprint density at radius 3 is 1.19 bits per heavy atom. The number of nitrogens with two attached hydrogens (primary N) is 4. The number of nitrogens with zero attached hydrogens (tertiary/aromatic N) is 2. The largest absolute Gasteiger partial charge is 0.480 e. The van der Waals surface area contributed by atoms with Gasteiger partial charge in [0.2, 0.25) is 82.7 Å². The van der Waals surface area contributed by atoms with E-state index in [0.717, 1.165) is 0 Å². The van der Waals surface area contributed by atoms with Gasteiger partial charge in [0.1, 0.15) is 78.5 Å². The van der Waals surface area contributed by atoms with E-state index in [-0.39, 0.29) is 88.0 Å². The number of imidazole rings is 1. The molecule has 0 aliphatic heterocycles. The van der Waals surface area contributed by atoms with E-state index < -0.39 is 180 Å². The predicted molar refractivity (Wildman–Crippen MR) is 371 cm³/mol. The first-order chi connectivity index (χ1) is 47.7. The average molecular weight is 1440 g/mol. The lowest BCUT2D eigenvalue weighted by atomic mass is 9.99. The number of aliphatic hydroxyl groups is 1. The van der Waals surface area contributed by atoms with Crippen LogP contribution in [-0.4, -0.2) is 213 Å². The number of primary amides is 1. The number of benzene rings is 1. The molecule has 14 amide bonds. The predicted octanol–water partition coefficient (Wildman–Crippen LogP) is -5.52. The number of H-pyrrole nitrogens is 1. The summed E-state index contributed by atoms with van der Waals surface area (Å²) in [6.45, 7) is 17.7. The number of carboxylic acid groups (broad SMARTS) is 1. The van der Waals surface area contributed by atoms with Crippen LogP contribution in [0.25, 0.3) is 0 Å². The highest BCUT2D eigenvalue weighted by Gasteiger charge is 2.36. The normalized spacial score (nSPS) is 15.3. The summed E-state index contributed by atoms with van der Waals surface area (Å²) in [5.74, 6) is -14.2. The molecule has 0 aliphatic rings. The molecule has 102 heavy (non-hydrogen) atoms. The number of rotatable bonds is 45. The molecule has 37 heteroatoms. The van der Waals surface area contributed by atoms with Gasteiger partial charge in [-0.15, -0.1) is 0 Å². The standard InChI is InChI=1S/C65H106N20O17/c1-31(2)23-44(80-51(88)34(7)66)58(95)75-38(11)55(92)81-46(25-33(5)6)61(98)84-47(26-40-17-14-13-15-18-40)62(99)83-45(24-32(3)4)59(96)74-35(8)52(89)73-36(9)54(91)82-48(27-41-28-70-30-72-41)60(97)76-39(12)56(93)85-49(29-86)63(100)77-37(10)53(90)78-42(19-16-22-71-65(68)69)57(94)79-43(64(101)102)20-21-50(67)87/h13-15,17-18,28,30-39,42-49,86H,16,19-27,29,66H2,1-12H3,(H2,67,87)(H,70,72)(H,73,89)(H,74,96)(H,75,95)(H,76,97)(H,77,100)(H,78,90)(H,79,94)(H,80,88)(H,81,92)(H,82,91)(H,83,99)(H,84,98)(H,85,93)(H,101,102)(H4,68,69,71)/t34-,35-,36-,37-,38-,39-,42-,43-,44-,45-,46-,47-,48-,49-/m0/s1. The number of aromatic nitrogens is 2. The SMILES string of the molecule is CC(C)C[C@H](NC(=O)[C@H](C)N)C(=O)N[C@@H](C)C(=O)N[C@@H](CC(C)C)C(=O)N[C@@H](Cc1ccccc1)C(=O)N[C@@H](CC(C)C)C(=O)N[C@@H](C)C(=O)N[C@@H](C)C(=O)N[C@@H](Cc1cnc[nH]1)C(=O)N[C@@H](C)C(=O)N[C@@H](CO)C(=O)N[C@@H](C)C(=O)N[C@@H](CCCN=C(N)N)C(=O)N[C@@H](CCC(N)=O)C(=O)O. The van der Waals surface area contributed by atoms with Crippen LogP contribution in [0.2, 0.25) is 0 Å². The van der Waals surface area contributed by atoms with Gasteiger partial charge in [0.05, 0.1) is 19.0 Å². The van der Waals surface area contributed by atoms with Crippen molar-refractivity contribution in [3.63, 3.8) is 0 Å². The maximum atomic E-state index is 14.4. The monoisotopic (exact) mass is 1440 g/mol. The second-order valence-corrected chi connectivity index (χ2v) is 26.3. The molecule has 1 heterocycles. The summed E-state index contributed by atoms with van der Waals surface area (Å²) in [5.41, 5.74) is 22.6. The molecule has 0 radical (unpaired) electrons. The Morgan fingerprint density at radius 2 is 0.775 bits per heavy atom. The van der Waals surface area contributed by atoms with Crippen molar-refractivity contribution in [3.05, 3.63) is 54.1 Å². The van der Waals surface area contributed by atoms with Crippen LogP contribution in [0.15, 0.2) is 47.8 Å². The van der Waals surface area contributed by atoms with Gasteiger partial charge in [0.15, 0.2) is 5.96 Å². The van der Waals surface area contributed by atoms with Crippen molar-refractivity contribution in [1.29, 1.82) is 0 Å². The molecular weight excluding hydrogens is 1330 g/mol. The highest BCUT2D eigenvalue weighted by atomic mass is 16.4. The van der Waals surface area contributed by atoms with Crippen LogP contribution in [-0.2, 0) is 84.8 Å². The summed E-state index contributed by atoms with van der Waals surface area (Å²) in [7, 11) is 0. The lowest BCUT2D eigenvalue weighted by Crippen LogP contribution is -2.60. The Labute approximate surface area is 592 Å². The molecule has 2 rings (SSSR count). The Bertz CT molecular complexity index is 3200. The number of hydrogen-bond acceptors (Lipinski definition) is 19. The van der Waals surface area contributed by atoms with Crippen LogP contribution in [0.1, 0.15) is 139 Å². The van der Waals surface area contributed by atoms with Crippen molar-refractivity contribution in [2.45, 2.75) is 225 Å². The molecule has 568 valence electrons. The molecule has 0 saturated heterocycles. The molecule has 37 nitrogen and oxygen atoms in total. The number of carboxylic acids is 1. The minimum Gasteiger partial charge on any atom is -0.480 e. The topological polar surface area (TPSA) is 598 Å². The molecule has 0 spiro atoms. The number of hydrogen-bond donors (Lipinski definition) is 20. The fourth-order valence-corrected chi connectivity index (χ4v) is 9.73. The van der Waals surface area contributed by atoms with E-state index >= 15 is 0 Å². The Morgan fingerprint density at radius 1 is 0.431 bits per heavy atom. The van der Waals surface area contributed by atoms with Crippen LogP contribution < -0.4 is 92.1 Å². The fraction of sp³-hybridized carbons (Fsp3) is 0.615. The number of aliphatic hydroxyl groups excluding tert-OH is 1. The number of carbonyl (C=O) groups excluding carboxylic acids is 14. The number of nitrogens with one attached hydrogen (secondary N) is 14. The summed E-state index contributed by atoms with van der Waals surface area (Å²) < 4.78 is 0. The lowest BCUT2D eigenvalue weighted by molar-refractivity contribution is -0.142. The molecule has 14 atom stereocenters. The van der Waals surface area contributed by atoms with Crippen molar-refractivity contribution in [3.8, 4) is 0 Å². The second-order valence-electron chi connectivity index (χ2n) is 26.3. The summed E-state index contributed by atoms with van der Waals surface area (Å²) in [5, 5.41) is 52.3. The summed E-state index contributed by atoms with van der Waals surface area (Å²) >= 11 is 0. The van der Waals surface area contributed by atoms with Crippen molar-refractivity contribution < 1.29 is 82.1 Å². The first-order valence-electron chi connectivity index (χ1n) is 33.6. The molecule has 0 aliphatic carbocycles. The molecule has 2 aromatic rings. The minimum absolute atomic E-state index is 0.000469. The third-order valence-corrected chi connectivity index (χ3v) is 15.4. The molecule has 0 bridgehead atoms. The van der Waals surface area contributed by atoms with Gasteiger partial charge in [-0.05, 0) is 103 Å². The van der Waals surface area contributed by atoms with E-state index in [1.54, 1.807) is 44.2 Å². The lowest BCUT2D eigenvalue weighted by Gasteiger charge is -2.28. The Balaban J connectivity index is 2.23. The third kappa shape index (κ3) is 32.8. The van der Waals surface area contributed by atoms with Gasteiger partial charge in [-0.3, -0.25) is 72.1 Å². The van der Waals surface area contributed by atoms with E-state index in [9.17, 15) is 82.1 Å². The minimum atomic E-state index is -1.74. The van der Waals surface area contributed by atoms with Crippen LogP contribution >= 0.6 is 0 Å². The van der Waals surface area contributed by atoms with Crippen molar-refractivity contribution in [2.75, 3.05) is 13.2 Å². The highest BCUT2D eigenvalue weighted by molar-refractivity contribution is 6.00. The highest BCUT2D eigenvalue weighted by Crippen LogP contribution is 2.13. The van der Waals surface area contributed by atoms with Gasteiger partial charge in [-0.25, -0.2) is 9.78 Å². The van der Waals surface area contributed by atoms with E-state index in [4.69, 9.17) is 22.9 Å². The van der Waals surface area contributed by atoms with Gasteiger partial charge in [-0.1, -0.05) is 71.9 Å². The smallest absolute Gasteiger partial charge is 0.326 e. The van der Waals surface area contributed by atoms with Crippen LogP contribution in [0.5, 0.6) is 0 Å². The van der Waals surface area contributed by atoms with Crippen LogP contribution in [0.3, 0.4) is 0 Å². The zero-order valence-electron chi connectivity index (χ0n) is 59.9. The zero-order chi connectivity index (χ0) is 77.2. The molecular formula is C65H106N20O17. The van der Waals surface area contributed by atoms with Crippen molar-refractivity contribution in [1.82, 2.24) is 79.1 Å². The fourth-order valence-electron chi connectivity index (χ4n) is 9.73. The summed E-state index contributed by atoms with van der Waals surface area (Å²) in [6, 6.07) is -10.2. The van der Waals surface area contributed by atoms with E-state index in [0.29, 0.717) is 11.3 Å². The average Bonchev–Trinajstić information content (AvgIpc) is 0.959. The number of amides is 14. The molecule has 0 unspecified atom stereocenters. The molecule has 1 aromatic heterocycles. The van der Waals surface area contributed by atoms with Crippen molar-refractivity contribution >= 4 is 94.6 Å². The van der Waals surface area contributed by atoms with Gasteiger partial charge in [0.25, 0.3) is 0 Å². The Hall–Kier alpha value is -10.3. The van der Waals surface area contributed by atoms with Crippen molar-refractivity contribution in [2.24, 2.45) is 45.7 Å². The van der Waals surface area contributed by atoms with E-state index in [2.05, 4.69) is 84.1 Å². The second kappa shape index (κ2) is 44.0. The van der Waals surface area contributed by atoms with Gasteiger partial charge in [-0.2, -0.15) is 0 Å². The quantitative estimate of drug-likeness (QED) is 0.0167. The molecule has 0 fully saturated rings. The van der Waals surface area contributed by atoms with E-state index in [1.807, 2.05) is 27.7 Å². The molecule has 1 aromatic carbocycles. The number of carbonyl (C=O) groups is 15. The molecule has 0 saturated carbocycles. The van der Waals surface area contributed by atoms with E-state index in [1.165, 1.54) is 54.1 Å². The summed E-state index contributed by atoms with van der Waals surface area (Å²) in [4.78, 5) is 211. The van der Waals surface area contributed by atoms with Gasteiger partial charge >= 0.3 is 5.97 Å². The number of aliphatic carboxylic acids is 1. The molecule has 24 N–H and O–H groups in total. The maximum absolute atomic E-state index is 14.4. The summed E-state index contributed by atoms with van der Waals surface area (Å²) in [6.07, 6.45) is 1.90. The first kappa shape index (κ1) is 87.8. The third-order valence-electron chi connectivity index (χ3n) is 15.4.